The number of aryl methyl sites for hydroxylation is 1. The zero-order valence-electron chi connectivity index (χ0n) is 12.4. The fourth-order valence-corrected chi connectivity index (χ4v) is 3.33. The summed E-state index contributed by atoms with van der Waals surface area (Å²) in [7, 11) is 0. The first-order chi connectivity index (χ1) is 8.80. The molecule has 106 valence electrons. The van der Waals surface area contributed by atoms with Crippen molar-refractivity contribution < 1.29 is 5.11 Å². The molecule has 0 saturated heterocycles. The maximum atomic E-state index is 12.3. The molecule has 19 heavy (non-hydrogen) atoms. The van der Waals surface area contributed by atoms with Crippen molar-refractivity contribution in [1.29, 1.82) is 0 Å². The average molecular weight is 263 g/mol. The van der Waals surface area contributed by atoms with Gasteiger partial charge in [-0.2, -0.15) is 0 Å². The van der Waals surface area contributed by atoms with Gasteiger partial charge in [-0.15, -0.1) is 0 Å². The van der Waals surface area contributed by atoms with Gasteiger partial charge in [-0.05, 0) is 43.6 Å². The Balaban J connectivity index is 2.43. The zero-order valence-corrected chi connectivity index (χ0v) is 12.4. The third-order valence-corrected chi connectivity index (χ3v) is 4.42. The van der Waals surface area contributed by atoms with Crippen LogP contribution >= 0.6 is 0 Å². The first kappa shape index (κ1) is 14.3. The van der Waals surface area contributed by atoms with E-state index in [1.165, 1.54) is 0 Å². The highest BCUT2D eigenvalue weighted by Gasteiger charge is 2.38. The molecule has 0 amide bonds. The molecule has 1 aromatic rings. The van der Waals surface area contributed by atoms with Gasteiger partial charge in [0.05, 0.1) is 6.10 Å². The molecule has 0 aliphatic heterocycles. The second-order valence-corrected chi connectivity index (χ2v) is 6.91. The molecular weight excluding hydrogens is 238 g/mol. The Bertz CT molecular complexity index is 498. The molecule has 0 spiro atoms. The molecule has 3 heteroatoms. The Morgan fingerprint density at radius 1 is 1.32 bits per heavy atom. The van der Waals surface area contributed by atoms with E-state index in [9.17, 15) is 9.90 Å². The summed E-state index contributed by atoms with van der Waals surface area (Å²) in [5.41, 5.74) is 1.000. The Morgan fingerprint density at radius 2 is 2.00 bits per heavy atom. The third-order valence-electron chi connectivity index (χ3n) is 4.42. The Hall–Kier alpha value is -1.09. The smallest absolute Gasteiger partial charge is 0.253 e. The van der Waals surface area contributed by atoms with Crippen LogP contribution < -0.4 is 5.56 Å². The van der Waals surface area contributed by atoms with Crippen LogP contribution in [0, 0.1) is 18.3 Å². The predicted molar refractivity (Wildman–Crippen MR) is 77.3 cm³/mol. The molecule has 1 N–H and O–H groups in total. The van der Waals surface area contributed by atoms with Crippen molar-refractivity contribution in [2.24, 2.45) is 11.3 Å². The van der Waals surface area contributed by atoms with E-state index in [0.29, 0.717) is 12.3 Å². The molecule has 1 aromatic heterocycles. The van der Waals surface area contributed by atoms with Crippen LogP contribution in [-0.2, 0) is 0 Å². The van der Waals surface area contributed by atoms with E-state index in [1.807, 2.05) is 29.8 Å². The van der Waals surface area contributed by atoms with Gasteiger partial charge in [0.15, 0.2) is 0 Å². The molecule has 1 aliphatic carbocycles. The minimum absolute atomic E-state index is 0.0795. The molecule has 0 aromatic carbocycles. The van der Waals surface area contributed by atoms with Crippen LogP contribution in [0.2, 0.25) is 0 Å². The number of hydrogen-bond donors (Lipinski definition) is 1. The number of nitrogens with zero attached hydrogens (tertiary/aromatic N) is 1. The quantitative estimate of drug-likeness (QED) is 0.846. The van der Waals surface area contributed by atoms with E-state index >= 15 is 0 Å². The predicted octanol–water partition coefficient (Wildman–Crippen LogP) is 2.90. The average Bonchev–Trinajstić information content (AvgIpc) is 2.31. The number of rotatable bonds is 1. The van der Waals surface area contributed by atoms with Gasteiger partial charge in [-0.3, -0.25) is 4.79 Å². The molecule has 1 saturated carbocycles. The lowest BCUT2D eigenvalue weighted by molar-refractivity contribution is 0.0287. The van der Waals surface area contributed by atoms with Crippen LogP contribution in [0.25, 0.3) is 0 Å². The van der Waals surface area contributed by atoms with Gasteiger partial charge >= 0.3 is 0 Å². The largest absolute Gasteiger partial charge is 0.393 e. The summed E-state index contributed by atoms with van der Waals surface area (Å²) in [6.07, 6.45) is 4.10. The minimum atomic E-state index is -0.281. The van der Waals surface area contributed by atoms with Crippen LogP contribution in [0.1, 0.15) is 51.6 Å². The summed E-state index contributed by atoms with van der Waals surface area (Å²) < 4.78 is 1.84. The van der Waals surface area contributed by atoms with Crippen molar-refractivity contribution in [2.45, 2.75) is 59.1 Å². The summed E-state index contributed by atoms with van der Waals surface area (Å²) in [5.74, 6) is 0.426. The summed E-state index contributed by atoms with van der Waals surface area (Å²) in [4.78, 5) is 12.3. The van der Waals surface area contributed by atoms with Gasteiger partial charge in [0.2, 0.25) is 0 Å². The van der Waals surface area contributed by atoms with Crippen LogP contribution in [0.3, 0.4) is 0 Å². The standard InChI is InChI=1S/C16H25NO2/c1-11-6-5-9-17(15(11)19)14-10-12(18)7-8-13(14)16(2,3)4/h5-6,9,12-14,18H,7-8,10H2,1-4H3. The van der Waals surface area contributed by atoms with Crippen molar-refractivity contribution in [3.8, 4) is 0 Å². The lowest BCUT2D eigenvalue weighted by Crippen LogP contribution is -2.41. The van der Waals surface area contributed by atoms with Crippen LogP contribution in [0.15, 0.2) is 23.1 Å². The highest BCUT2D eigenvalue weighted by molar-refractivity contribution is 5.09. The lowest BCUT2D eigenvalue weighted by Gasteiger charge is -2.42. The molecule has 2 rings (SSSR count). The SMILES string of the molecule is Cc1cccn(C2CC(O)CCC2C(C)(C)C)c1=O. The number of aliphatic hydroxyl groups is 1. The Kier molecular flexibility index (Phi) is 3.86. The second-order valence-electron chi connectivity index (χ2n) is 6.91. The summed E-state index contributed by atoms with van der Waals surface area (Å²) in [5, 5.41) is 9.97. The van der Waals surface area contributed by atoms with E-state index in [4.69, 9.17) is 0 Å². The maximum Gasteiger partial charge on any atom is 0.253 e. The summed E-state index contributed by atoms with van der Waals surface area (Å²) >= 11 is 0. The Labute approximate surface area is 115 Å². The van der Waals surface area contributed by atoms with Crippen molar-refractivity contribution in [2.75, 3.05) is 0 Å². The van der Waals surface area contributed by atoms with Crippen LogP contribution in [0.4, 0.5) is 0 Å². The van der Waals surface area contributed by atoms with Crippen LogP contribution in [-0.4, -0.2) is 15.8 Å². The maximum absolute atomic E-state index is 12.3. The third kappa shape index (κ3) is 2.92. The first-order valence-electron chi connectivity index (χ1n) is 7.16. The minimum Gasteiger partial charge on any atom is -0.393 e. The highest BCUT2D eigenvalue weighted by atomic mass is 16.3. The summed E-state index contributed by atoms with van der Waals surface area (Å²) in [6, 6.07) is 3.89. The molecule has 0 radical (unpaired) electrons. The molecular formula is C16H25NO2. The first-order valence-corrected chi connectivity index (χ1v) is 7.16. The fourth-order valence-electron chi connectivity index (χ4n) is 3.33. The van der Waals surface area contributed by atoms with Gasteiger partial charge < -0.3 is 9.67 Å². The molecule has 3 nitrogen and oxygen atoms in total. The number of aromatic nitrogens is 1. The highest BCUT2D eigenvalue weighted by Crippen LogP contribution is 2.43. The van der Waals surface area contributed by atoms with E-state index in [-0.39, 0.29) is 23.1 Å². The van der Waals surface area contributed by atoms with Gasteiger partial charge in [0.25, 0.3) is 5.56 Å². The van der Waals surface area contributed by atoms with E-state index in [1.54, 1.807) is 0 Å². The number of aliphatic hydroxyl groups excluding tert-OH is 1. The zero-order chi connectivity index (χ0) is 14.2. The topological polar surface area (TPSA) is 42.2 Å². The van der Waals surface area contributed by atoms with E-state index < -0.39 is 0 Å². The molecule has 0 bridgehead atoms. The van der Waals surface area contributed by atoms with Crippen molar-refractivity contribution in [3.63, 3.8) is 0 Å². The lowest BCUT2D eigenvalue weighted by atomic mass is 9.69. The van der Waals surface area contributed by atoms with Crippen molar-refractivity contribution in [1.82, 2.24) is 4.57 Å². The molecule has 1 fully saturated rings. The van der Waals surface area contributed by atoms with E-state index in [0.717, 1.165) is 18.4 Å². The van der Waals surface area contributed by atoms with Crippen molar-refractivity contribution >= 4 is 0 Å². The number of hydrogen-bond acceptors (Lipinski definition) is 2. The van der Waals surface area contributed by atoms with Gasteiger partial charge in [-0.1, -0.05) is 26.8 Å². The van der Waals surface area contributed by atoms with Gasteiger partial charge in [0.1, 0.15) is 0 Å². The van der Waals surface area contributed by atoms with Crippen LogP contribution in [0.5, 0.6) is 0 Å². The van der Waals surface area contributed by atoms with Gasteiger partial charge in [0, 0.05) is 17.8 Å². The number of pyridine rings is 1. The monoisotopic (exact) mass is 263 g/mol. The Morgan fingerprint density at radius 3 is 2.63 bits per heavy atom. The fraction of sp³-hybridized carbons (Fsp3) is 0.688. The van der Waals surface area contributed by atoms with Crippen molar-refractivity contribution in [3.05, 3.63) is 34.2 Å². The second kappa shape index (κ2) is 5.12. The van der Waals surface area contributed by atoms with Gasteiger partial charge in [-0.25, -0.2) is 0 Å². The molecule has 3 atom stereocenters. The van der Waals surface area contributed by atoms with E-state index in [2.05, 4.69) is 20.8 Å². The molecule has 1 heterocycles. The molecule has 1 aliphatic rings. The normalized spacial score (nSPS) is 28.4. The summed E-state index contributed by atoms with van der Waals surface area (Å²) in [6.45, 7) is 8.53. The molecule has 3 unspecified atom stereocenters.